The van der Waals surface area contributed by atoms with Crippen molar-refractivity contribution in [2.75, 3.05) is 12.9 Å². The summed E-state index contributed by atoms with van der Waals surface area (Å²) in [6.07, 6.45) is 2.70. The maximum atomic E-state index is 13.1. The molecule has 1 fully saturated rings. The molecule has 2 rings (SSSR count). The van der Waals surface area contributed by atoms with E-state index < -0.39 is 15.8 Å². The van der Waals surface area contributed by atoms with Gasteiger partial charge in [0.05, 0.1) is 6.61 Å². The topological polar surface area (TPSA) is 43.4 Å². The van der Waals surface area contributed by atoms with Crippen LogP contribution in [0.25, 0.3) is 0 Å². The highest BCUT2D eigenvalue weighted by Crippen LogP contribution is 2.37. The van der Waals surface area contributed by atoms with Gasteiger partial charge in [0.15, 0.2) is 9.84 Å². The Balaban J connectivity index is 1.88. The van der Waals surface area contributed by atoms with Gasteiger partial charge in [0, 0.05) is 19.1 Å². The van der Waals surface area contributed by atoms with E-state index in [1.165, 1.54) is 6.07 Å². The number of hydrogen-bond donors (Lipinski definition) is 0. The van der Waals surface area contributed by atoms with Crippen molar-refractivity contribution in [3.8, 4) is 5.75 Å². The second-order valence-corrected chi connectivity index (χ2v) is 7.64. The lowest BCUT2D eigenvalue weighted by Gasteiger charge is -2.28. The van der Waals surface area contributed by atoms with Crippen LogP contribution in [0.5, 0.6) is 5.75 Å². The molecule has 0 aliphatic heterocycles. The Morgan fingerprint density at radius 3 is 2.48 bits per heavy atom. The molecule has 1 aliphatic carbocycles. The van der Waals surface area contributed by atoms with Gasteiger partial charge in [-0.05, 0) is 37.3 Å². The van der Waals surface area contributed by atoms with Crippen molar-refractivity contribution in [2.45, 2.75) is 42.9 Å². The Morgan fingerprint density at radius 1 is 1.24 bits per heavy atom. The monoisotopic (exact) mass is 318 g/mol. The van der Waals surface area contributed by atoms with Crippen LogP contribution in [0.1, 0.15) is 32.1 Å². The van der Waals surface area contributed by atoms with E-state index in [9.17, 15) is 17.2 Å². The zero-order chi connectivity index (χ0) is 15.5. The van der Waals surface area contributed by atoms with E-state index in [4.69, 9.17) is 4.74 Å². The van der Waals surface area contributed by atoms with E-state index in [0.29, 0.717) is 31.6 Å². The average molecular weight is 318 g/mol. The molecule has 3 nitrogen and oxygen atoms in total. The van der Waals surface area contributed by atoms with Crippen LogP contribution in [-0.2, 0) is 9.84 Å². The van der Waals surface area contributed by atoms with Crippen LogP contribution in [-0.4, -0.2) is 27.2 Å². The summed E-state index contributed by atoms with van der Waals surface area (Å²) >= 11 is 0. The highest BCUT2D eigenvalue weighted by atomic mass is 32.2. The van der Waals surface area contributed by atoms with Crippen LogP contribution in [0.15, 0.2) is 29.2 Å². The molecule has 0 amide bonds. The van der Waals surface area contributed by atoms with E-state index in [1.54, 1.807) is 18.2 Å². The van der Waals surface area contributed by atoms with Crippen molar-refractivity contribution in [1.82, 2.24) is 0 Å². The lowest BCUT2D eigenvalue weighted by molar-refractivity contribution is -0.0475. The molecule has 0 heterocycles. The first-order chi connectivity index (χ1) is 9.78. The number of rotatable bonds is 5. The molecule has 0 spiro atoms. The Labute approximate surface area is 124 Å². The lowest BCUT2D eigenvalue weighted by atomic mass is 9.85. The largest absolute Gasteiger partial charge is 0.492 e. The fourth-order valence-electron chi connectivity index (χ4n) is 2.60. The standard InChI is InChI=1S/C15H20F2O3S/c1-21(18,19)14-5-3-2-4-13(14)20-11-8-12-6-9-15(16,17)10-7-12/h2-5,12H,6-11H2,1H3. The number of hydrogen-bond acceptors (Lipinski definition) is 3. The van der Waals surface area contributed by atoms with Crippen molar-refractivity contribution >= 4 is 9.84 Å². The molecule has 0 saturated heterocycles. The molecule has 0 radical (unpaired) electrons. The molecule has 1 aliphatic rings. The second-order valence-electron chi connectivity index (χ2n) is 5.66. The molecule has 0 atom stereocenters. The van der Waals surface area contributed by atoms with Crippen LogP contribution < -0.4 is 4.74 Å². The Kier molecular flexibility index (Phi) is 4.86. The summed E-state index contributed by atoms with van der Waals surface area (Å²) in [4.78, 5) is 0.167. The maximum absolute atomic E-state index is 13.1. The molecular weight excluding hydrogens is 298 g/mol. The minimum atomic E-state index is -3.33. The van der Waals surface area contributed by atoms with Gasteiger partial charge >= 0.3 is 0 Å². The van der Waals surface area contributed by atoms with Crippen LogP contribution in [0.4, 0.5) is 8.78 Å². The average Bonchev–Trinajstić information content (AvgIpc) is 2.40. The van der Waals surface area contributed by atoms with Gasteiger partial charge in [-0.15, -0.1) is 0 Å². The van der Waals surface area contributed by atoms with Gasteiger partial charge < -0.3 is 4.74 Å². The molecule has 6 heteroatoms. The predicted octanol–water partition coefficient (Wildman–Crippen LogP) is 3.68. The quantitative estimate of drug-likeness (QED) is 0.831. The summed E-state index contributed by atoms with van der Waals surface area (Å²) in [5.74, 6) is -1.95. The van der Waals surface area contributed by atoms with Gasteiger partial charge in [-0.25, -0.2) is 17.2 Å². The molecule has 1 aromatic carbocycles. The first-order valence-electron chi connectivity index (χ1n) is 7.08. The smallest absolute Gasteiger partial charge is 0.248 e. The molecule has 0 aromatic heterocycles. The van der Waals surface area contributed by atoms with E-state index in [0.717, 1.165) is 6.26 Å². The number of sulfone groups is 1. The van der Waals surface area contributed by atoms with E-state index >= 15 is 0 Å². The van der Waals surface area contributed by atoms with Crippen molar-refractivity contribution in [2.24, 2.45) is 5.92 Å². The van der Waals surface area contributed by atoms with Crippen molar-refractivity contribution in [3.05, 3.63) is 24.3 Å². The molecule has 0 unspecified atom stereocenters. The fraction of sp³-hybridized carbons (Fsp3) is 0.600. The third-order valence-electron chi connectivity index (χ3n) is 3.87. The Hall–Kier alpha value is -1.17. The first-order valence-corrected chi connectivity index (χ1v) is 8.97. The van der Waals surface area contributed by atoms with E-state index in [2.05, 4.69) is 0 Å². The minimum Gasteiger partial charge on any atom is -0.492 e. The van der Waals surface area contributed by atoms with Crippen LogP contribution in [0.2, 0.25) is 0 Å². The van der Waals surface area contributed by atoms with Gasteiger partial charge in [0.2, 0.25) is 5.92 Å². The molecule has 0 bridgehead atoms. The summed E-state index contributed by atoms with van der Waals surface area (Å²) in [6, 6.07) is 6.48. The van der Waals surface area contributed by atoms with Gasteiger partial charge in [0.25, 0.3) is 0 Å². The lowest BCUT2D eigenvalue weighted by Crippen LogP contribution is -2.25. The van der Waals surface area contributed by atoms with Crippen molar-refractivity contribution in [3.63, 3.8) is 0 Å². The summed E-state index contributed by atoms with van der Waals surface area (Å²) in [5, 5.41) is 0. The molecule has 21 heavy (non-hydrogen) atoms. The Bertz CT molecular complexity index is 574. The predicted molar refractivity (Wildman–Crippen MR) is 76.6 cm³/mol. The normalized spacial score (nSPS) is 19.4. The number of ether oxygens (including phenoxy) is 1. The third kappa shape index (κ3) is 4.66. The first kappa shape index (κ1) is 16.2. The minimum absolute atomic E-state index is 0.0579. The zero-order valence-electron chi connectivity index (χ0n) is 12.0. The molecular formula is C15H20F2O3S. The van der Waals surface area contributed by atoms with Gasteiger partial charge in [-0.2, -0.15) is 0 Å². The van der Waals surface area contributed by atoms with E-state index in [1.807, 2.05) is 0 Å². The van der Waals surface area contributed by atoms with Crippen molar-refractivity contribution in [1.29, 1.82) is 0 Å². The number of halogens is 2. The second kappa shape index (κ2) is 6.30. The van der Waals surface area contributed by atoms with Crippen molar-refractivity contribution < 1.29 is 21.9 Å². The molecule has 118 valence electrons. The highest BCUT2D eigenvalue weighted by molar-refractivity contribution is 7.90. The SMILES string of the molecule is CS(=O)(=O)c1ccccc1OCCC1CCC(F)(F)CC1. The van der Waals surface area contributed by atoms with Gasteiger partial charge in [-0.3, -0.25) is 0 Å². The number of para-hydroxylation sites is 1. The summed E-state index contributed by atoms with van der Waals surface area (Å²) in [7, 11) is -3.33. The third-order valence-corrected chi connectivity index (χ3v) is 5.01. The zero-order valence-corrected chi connectivity index (χ0v) is 12.8. The number of alkyl halides is 2. The van der Waals surface area contributed by atoms with E-state index in [-0.39, 0.29) is 23.7 Å². The highest BCUT2D eigenvalue weighted by Gasteiger charge is 2.34. The maximum Gasteiger partial charge on any atom is 0.248 e. The van der Waals surface area contributed by atoms with Gasteiger partial charge in [-0.1, -0.05) is 12.1 Å². The summed E-state index contributed by atoms with van der Waals surface area (Å²) in [5.41, 5.74) is 0. The fourth-order valence-corrected chi connectivity index (χ4v) is 3.42. The van der Waals surface area contributed by atoms with Crippen LogP contribution in [0.3, 0.4) is 0 Å². The molecule has 0 N–H and O–H groups in total. The Morgan fingerprint density at radius 2 is 1.86 bits per heavy atom. The summed E-state index contributed by atoms with van der Waals surface area (Å²) < 4.78 is 54.9. The molecule has 1 aromatic rings. The molecule has 1 saturated carbocycles. The number of benzene rings is 1. The van der Waals surface area contributed by atoms with Crippen LogP contribution >= 0.6 is 0 Å². The van der Waals surface area contributed by atoms with Crippen LogP contribution in [0, 0.1) is 5.92 Å². The van der Waals surface area contributed by atoms with Gasteiger partial charge in [0.1, 0.15) is 10.6 Å². The summed E-state index contributed by atoms with van der Waals surface area (Å²) in [6.45, 7) is 0.350.